The van der Waals surface area contributed by atoms with Crippen molar-refractivity contribution < 1.29 is 14.6 Å². The van der Waals surface area contributed by atoms with E-state index >= 15 is 0 Å². The molecule has 1 saturated heterocycles. The van der Waals surface area contributed by atoms with Gasteiger partial charge < -0.3 is 15.6 Å². The zero-order valence-corrected chi connectivity index (χ0v) is 12.1. The van der Waals surface area contributed by atoms with Gasteiger partial charge in [0.25, 0.3) is 0 Å². The molecule has 21 heavy (non-hydrogen) atoms. The van der Waals surface area contributed by atoms with E-state index in [1.165, 1.54) is 0 Å². The van der Waals surface area contributed by atoms with E-state index in [4.69, 9.17) is 15.6 Å². The number of ether oxygens (including phenoxy) is 1. The van der Waals surface area contributed by atoms with Gasteiger partial charge >= 0.3 is 0 Å². The van der Waals surface area contributed by atoms with Crippen LogP contribution in [0.1, 0.15) is 17.5 Å². The maximum atomic E-state index is 11.2. The van der Waals surface area contributed by atoms with Crippen LogP contribution in [0.15, 0.2) is 18.2 Å². The fourth-order valence-electron chi connectivity index (χ4n) is 2.57. The first-order valence-electron chi connectivity index (χ1n) is 6.92. The lowest BCUT2D eigenvalue weighted by Crippen LogP contribution is -2.27. The van der Waals surface area contributed by atoms with Crippen molar-refractivity contribution in [3.63, 3.8) is 0 Å². The number of aliphatic hydroxyl groups excluding tert-OH is 1. The van der Waals surface area contributed by atoms with Crippen LogP contribution < -0.4 is 10.5 Å². The van der Waals surface area contributed by atoms with Crippen molar-refractivity contribution in [2.45, 2.75) is 13.0 Å². The smallest absolute Gasteiger partial charge is 0.221 e. The summed E-state index contributed by atoms with van der Waals surface area (Å²) in [7, 11) is 1.63. The molecule has 5 heteroatoms. The number of benzene rings is 1. The number of amides is 1. The molecule has 1 unspecified atom stereocenters. The largest absolute Gasteiger partial charge is 0.496 e. The Balaban J connectivity index is 2.12. The minimum atomic E-state index is -0.230. The summed E-state index contributed by atoms with van der Waals surface area (Å²) < 4.78 is 5.37. The number of primary amides is 1. The topological polar surface area (TPSA) is 75.8 Å². The first kappa shape index (κ1) is 15.4. The third kappa shape index (κ3) is 3.97. The Morgan fingerprint density at radius 3 is 3.00 bits per heavy atom. The fraction of sp³-hybridized carbons (Fsp3) is 0.438. The van der Waals surface area contributed by atoms with Crippen LogP contribution in [0.25, 0.3) is 0 Å². The molecular weight excluding hydrogens is 268 g/mol. The number of methoxy groups -OCH3 is 1. The standard InChI is InChI=1S/C16H20N2O3/c1-21-15-5-4-12(3-2-8-19)9-14(15)11-18-7-6-13(10-18)16(17)20/h4-5,9,13,19H,6-8,10-11H2,1H3,(H2,17,20). The summed E-state index contributed by atoms with van der Waals surface area (Å²) in [6.45, 7) is 2.07. The molecule has 0 saturated carbocycles. The lowest BCUT2D eigenvalue weighted by molar-refractivity contribution is -0.121. The van der Waals surface area contributed by atoms with E-state index in [0.29, 0.717) is 13.1 Å². The highest BCUT2D eigenvalue weighted by Crippen LogP contribution is 2.24. The molecule has 1 aromatic rings. The first-order valence-corrected chi connectivity index (χ1v) is 6.92. The van der Waals surface area contributed by atoms with Crippen molar-refractivity contribution in [1.82, 2.24) is 4.90 Å². The quantitative estimate of drug-likeness (QED) is 0.784. The van der Waals surface area contributed by atoms with Crippen LogP contribution in [0.4, 0.5) is 0 Å². The van der Waals surface area contributed by atoms with Crippen LogP contribution in [0.2, 0.25) is 0 Å². The van der Waals surface area contributed by atoms with Gasteiger partial charge in [0.2, 0.25) is 5.91 Å². The van der Waals surface area contributed by atoms with Gasteiger partial charge in [0.05, 0.1) is 13.0 Å². The Kier molecular flexibility index (Phi) is 5.20. The van der Waals surface area contributed by atoms with E-state index in [0.717, 1.165) is 29.8 Å². The van der Waals surface area contributed by atoms with Crippen molar-refractivity contribution in [2.24, 2.45) is 11.7 Å². The van der Waals surface area contributed by atoms with Gasteiger partial charge in [-0.3, -0.25) is 9.69 Å². The normalized spacial score (nSPS) is 18.1. The number of nitrogens with zero attached hydrogens (tertiary/aromatic N) is 1. The summed E-state index contributed by atoms with van der Waals surface area (Å²) in [6, 6.07) is 5.69. The van der Waals surface area contributed by atoms with Crippen LogP contribution in [0.5, 0.6) is 5.75 Å². The number of aliphatic hydroxyl groups is 1. The van der Waals surface area contributed by atoms with Gasteiger partial charge in [-0.1, -0.05) is 11.8 Å². The van der Waals surface area contributed by atoms with Gasteiger partial charge in [-0.15, -0.1) is 0 Å². The highest BCUT2D eigenvalue weighted by molar-refractivity contribution is 5.77. The van der Waals surface area contributed by atoms with Crippen molar-refractivity contribution >= 4 is 5.91 Å². The summed E-state index contributed by atoms with van der Waals surface area (Å²) in [5.41, 5.74) is 7.22. The molecule has 3 N–H and O–H groups in total. The van der Waals surface area contributed by atoms with Crippen LogP contribution in [-0.4, -0.2) is 42.7 Å². The Bertz CT molecular complexity index is 575. The lowest BCUT2D eigenvalue weighted by atomic mass is 10.1. The minimum Gasteiger partial charge on any atom is -0.496 e. The summed E-state index contributed by atoms with van der Waals surface area (Å²) in [5, 5.41) is 8.76. The number of hydrogen-bond donors (Lipinski definition) is 2. The Labute approximate surface area is 124 Å². The third-order valence-corrected chi connectivity index (χ3v) is 3.66. The second kappa shape index (κ2) is 7.11. The van der Waals surface area contributed by atoms with Crippen molar-refractivity contribution in [3.05, 3.63) is 29.3 Å². The molecule has 0 bridgehead atoms. The lowest BCUT2D eigenvalue weighted by Gasteiger charge is -2.17. The molecule has 1 aliphatic rings. The summed E-state index contributed by atoms with van der Waals surface area (Å²) in [4.78, 5) is 13.4. The van der Waals surface area contributed by atoms with Crippen LogP contribution >= 0.6 is 0 Å². The molecule has 1 heterocycles. The second-order valence-corrected chi connectivity index (χ2v) is 5.11. The molecule has 0 aromatic heterocycles. The predicted molar refractivity (Wildman–Crippen MR) is 79.5 cm³/mol. The van der Waals surface area contributed by atoms with Gasteiger partial charge in [-0.05, 0) is 31.2 Å². The number of nitrogens with two attached hydrogens (primary N) is 1. The van der Waals surface area contributed by atoms with E-state index in [9.17, 15) is 4.79 Å². The van der Waals surface area contributed by atoms with Crippen LogP contribution in [0.3, 0.4) is 0 Å². The maximum absolute atomic E-state index is 11.2. The maximum Gasteiger partial charge on any atom is 0.221 e. The zero-order valence-electron chi connectivity index (χ0n) is 12.1. The molecule has 1 atom stereocenters. The third-order valence-electron chi connectivity index (χ3n) is 3.66. The van der Waals surface area contributed by atoms with Crippen molar-refractivity contribution in [2.75, 3.05) is 26.8 Å². The second-order valence-electron chi connectivity index (χ2n) is 5.11. The molecule has 1 aliphatic heterocycles. The number of hydrogen-bond acceptors (Lipinski definition) is 4. The monoisotopic (exact) mass is 288 g/mol. The first-order chi connectivity index (χ1) is 10.1. The van der Waals surface area contributed by atoms with Crippen LogP contribution in [0, 0.1) is 17.8 Å². The molecule has 1 fully saturated rings. The molecule has 112 valence electrons. The Morgan fingerprint density at radius 2 is 2.38 bits per heavy atom. The molecule has 0 aliphatic carbocycles. The van der Waals surface area contributed by atoms with Gasteiger partial charge in [-0.25, -0.2) is 0 Å². The number of carbonyl (C=O) groups excluding carboxylic acids is 1. The number of likely N-dealkylation sites (tertiary alicyclic amines) is 1. The summed E-state index contributed by atoms with van der Waals surface area (Å²) in [6.07, 6.45) is 0.807. The number of carbonyl (C=O) groups is 1. The summed E-state index contributed by atoms with van der Waals surface area (Å²) >= 11 is 0. The molecule has 2 rings (SSSR count). The minimum absolute atomic E-state index is 0.0617. The SMILES string of the molecule is COc1ccc(C#CCO)cc1CN1CCC(C(N)=O)C1. The Hall–Kier alpha value is -2.03. The molecule has 0 spiro atoms. The average molecular weight is 288 g/mol. The number of rotatable bonds is 4. The molecule has 1 aromatic carbocycles. The van der Waals surface area contributed by atoms with Gasteiger partial charge in [0.1, 0.15) is 12.4 Å². The van der Waals surface area contributed by atoms with E-state index in [2.05, 4.69) is 16.7 Å². The Morgan fingerprint density at radius 1 is 1.57 bits per heavy atom. The molecule has 5 nitrogen and oxygen atoms in total. The summed E-state index contributed by atoms with van der Waals surface area (Å²) in [5.74, 6) is 6.03. The zero-order chi connectivity index (χ0) is 15.2. The predicted octanol–water partition coefficient (Wildman–Crippen LogP) is 0.346. The van der Waals surface area contributed by atoms with Crippen LogP contribution in [-0.2, 0) is 11.3 Å². The van der Waals surface area contributed by atoms with E-state index < -0.39 is 0 Å². The van der Waals surface area contributed by atoms with E-state index in [1.807, 2.05) is 18.2 Å². The van der Waals surface area contributed by atoms with Gasteiger partial charge in [-0.2, -0.15) is 0 Å². The van der Waals surface area contributed by atoms with Crippen molar-refractivity contribution in [3.8, 4) is 17.6 Å². The van der Waals surface area contributed by atoms with Gasteiger partial charge in [0.15, 0.2) is 0 Å². The molecule has 1 amide bonds. The molecule has 0 radical (unpaired) electrons. The fourth-order valence-corrected chi connectivity index (χ4v) is 2.57. The van der Waals surface area contributed by atoms with E-state index in [1.54, 1.807) is 7.11 Å². The van der Waals surface area contributed by atoms with E-state index in [-0.39, 0.29) is 18.4 Å². The molecular formula is C16H20N2O3. The highest BCUT2D eigenvalue weighted by Gasteiger charge is 2.26. The highest BCUT2D eigenvalue weighted by atomic mass is 16.5. The van der Waals surface area contributed by atoms with Crippen molar-refractivity contribution in [1.29, 1.82) is 0 Å². The average Bonchev–Trinajstić information content (AvgIpc) is 2.94. The van der Waals surface area contributed by atoms with Gasteiger partial charge in [0, 0.05) is 24.2 Å².